The molecular weight excluding hydrogens is 230 g/mol. The maximum absolute atomic E-state index is 11.7. The van der Waals surface area contributed by atoms with E-state index in [2.05, 4.69) is 0 Å². The fourth-order valence-corrected chi connectivity index (χ4v) is 1.76. The van der Waals surface area contributed by atoms with Gasteiger partial charge in [0.1, 0.15) is 0 Å². The molecule has 1 aliphatic rings. The maximum atomic E-state index is 11.7. The molecule has 0 radical (unpaired) electrons. The normalized spacial score (nSPS) is 14.7. The van der Waals surface area contributed by atoms with E-state index in [4.69, 9.17) is 0 Å². The smallest absolute Gasteiger partial charge is 0.258 e. The van der Waals surface area contributed by atoms with E-state index in [1.165, 1.54) is 12.2 Å². The largest absolute Gasteiger partial charge is 0.294 e. The third-order valence-corrected chi connectivity index (χ3v) is 2.74. The van der Waals surface area contributed by atoms with Gasteiger partial charge in [-0.3, -0.25) is 14.4 Å². The summed E-state index contributed by atoms with van der Waals surface area (Å²) < 4.78 is 0. The fourth-order valence-electron chi connectivity index (χ4n) is 1.76. The van der Waals surface area contributed by atoms with Gasteiger partial charge in [-0.05, 0) is 24.3 Å². The Morgan fingerprint density at radius 1 is 1.00 bits per heavy atom. The van der Waals surface area contributed by atoms with Crippen LogP contribution in [0.4, 0.5) is 5.69 Å². The van der Waals surface area contributed by atoms with Gasteiger partial charge < -0.3 is 0 Å². The second-order valence-electron chi connectivity index (χ2n) is 4.41. The first-order chi connectivity index (χ1) is 8.50. The van der Waals surface area contributed by atoms with Gasteiger partial charge in [0.05, 0.1) is 5.69 Å². The van der Waals surface area contributed by atoms with Crippen molar-refractivity contribution in [3.63, 3.8) is 0 Å². The van der Waals surface area contributed by atoms with Crippen LogP contribution in [0.15, 0.2) is 36.4 Å². The summed E-state index contributed by atoms with van der Waals surface area (Å²) in [4.78, 5) is 35.7. The molecule has 0 unspecified atom stereocenters. The third kappa shape index (κ3) is 2.09. The van der Waals surface area contributed by atoms with Crippen molar-refractivity contribution >= 4 is 23.3 Å². The predicted octanol–water partition coefficient (Wildman–Crippen LogP) is 1.95. The van der Waals surface area contributed by atoms with Gasteiger partial charge in [0.2, 0.25) is 0 Å². The summed E-state index contributed by atoms with van der Waals surface area (Å²) >= 11 is 0. The highest BCUT2D eigenvalue weighted by atomic mass is 16.2. The molecule has 18 heavy (non-hydrogen) atoms. The van der Waals surface area contributed by atoms with Crippen LogP contribution in [0.25, 0.3) is 0 Å². The molecule has 0 N–H and O–H groups in total. The first-order valence-corrected chi connectivity index (χ1v) is 5.71. The average molecular weight is 243 g/mol. The SMILES string of the molecule is CC(C)C(=O)c1ccc(N2C(=O)C=CC2=O)cc1. The van der Waals surface area contributed by atoms with Crippen LogP contribution in [0, 0.1) is 5.92 Å². The van der Waals surface area contributed by atoms with Crippen molar-refractivity contribution in [3.05, 3.63) is 42.0 Å². The van der Waals surface area contributed by atoms with Gasteiger partial charge in [-0.25, -0.2) is 4.90 Å². The third-order valence-electron chi connectivity index (χ3n) is 2.74. The summed E-state index contributed by atoms with van der Waals surface area (Å²) in [6.07, 6.45) is 2.46. The topological polar surface area (TPSA) is 54.5 Å². The number of carbonyl (C=O) groups is 3. The minimum atomic E-state index is -0.358. The quantitative estimate of drug-likeness (QED) is 0.602. The molecule has 1 aromatic carbocycles. The lowest BCUT2D eigenvalue weighted by Gasteiger charge is -2.14. The van der Waals surface area contributed by atoms with Crippen molar-refractivity contribution in [1.82, 2.24) is 0 Å². The number of amides is 2. The van der Waals surface area contributed by atoms with Crippen molar-refractivity contribution in [2.75, 3.05) is 4.90 Å². The number of carbonyl (C=O) groups excluding carboxylic acids is 3. The van der Waals surface area contributed by atoms with Crippen molar-refractivity contribution in [2.24, 2.45) is 5.92 Å². The van der Waals surface area contributed by atoms with Gasteiger partial charge in [0.25, 0.3) is 11.8 Å². The number of imide groups is 1. The van der Waals surface area contributed by atoms with Crippen molar-refractivity contribution in [1.29, 1.82) is 0 Å². The predicted molar refractivity (Wildman–Crippen MR) is 67.2 cm³/mol. The van der Waals surface area contributed by atoms with Gasteiger partial charge in [-0.2, -0.15) is 0 Å². The summed E-state index contributed by atoms with van der Waals surface area (Å²) in [7, 11) is 0. The number of Topliss-reactive ketones (excluding diaryl/α,β-unsaturated/α-hetero) is 1. The van der Waals surface area contributed by atoms with Crippen LogP contribution in [-0.2, 0) is 9.59 Å². The van der Waals surface area contributed by atoms with E-state index < -0.39 is 0 Å². The first kappa shape index (κ1) is 12.2. The molecule has 0 aromatic heterocycles. The summed E-state index contributed by atoms with van der Waals surface area (Å²) in [5.41, 5.74) is 1.07. The molecular formula is C14H13NO3. The Bertz CT molecular complexity index is 523. The molecule has 2 amide bonds. The van der Waals surface area contributed by atoms with Gasteiger partial charge >= 0.3 is 0 Å². The minimum Gasteiger partial charge on any atom is -0.294 e. The Hall–Kier alpha value is -2.23. The highest BCUT2D eigenvalue weighted by Gasteiger charge is 2.25. The van der Waals surface area contributed by atoms with Gasteiger partial charge in [-0.15, -0.1) is 0 Å². The number of hydrogen-bond acceptors (Lipinski definition) is 3. The molecule has 0 spiro atoms. The zero-order valence-electron chi connectivity index (χ0n) is 10.2. The standard InChI is InChI=1S/C14H13NO3/c1-9(2)14(18)10-3-5-11(6-4-10)15-12(16)7-8-13(15)17/h3-9H,1-2H3. The van der Waals surface area contributed by atoms with Crippen LogP contribution in [0.3, 0.4) is 0 Å². The number of anilines is 1. The molecule has 0 fully saturated rings. The summed E-state index contributed by atoms with van der Waals surface area (Å²) in [6, 6.07) is 6.49. The van der Waals surface area contributed by atoms with Crippen LogP contribution in [0.2, 0.25) is 0 Å². The number of ketones is 1. The molecule has 1 aromatic rings. The fraction of sp³-hybridized carbons (Fsp3) is 0.214. The Labute approximate surface area is 105 Å². The Morgan fingerprint density at radius 3 is 1.94 bits per heavy atom. The summed E-state index contributed by atoms with van der Waals surface area (Å²) in [6.45, 7) is 3.65. The highest BCUT2D eigenvalue weighted by molar-refractivity contribution is 6.28. The Kier molecular flexibility index (Phi) is 3.10. The molecule has 0 aliphatic carbocycles. The van der Waals surface area contributed by atoms with Crippen molar-refractivity contribution in [3.8, 4) is 0 Å². The summed E-state index contributed by atoms with van der Waals surface area (Å²) in [5.74, 6) is -0.753. The van der Waals surface area contributed by atoms with E-state index in [9.17, 15) is 14.4 Å². The molecule has 1 aliphatic heterocycles. The number of nitrogens with zero attached hydrogens (tertiary/aromatic N) is 1. The number of benzene rings is 1. The molecule has 0 bridgehead atoms. The summed E-state index contributed by atoms with van der Waals surface area (Å²) in [5, 5.41) is 0. The van der Waals surface area contributed by atoms with Crippen LogP contribution in [0.5, 0.6) is 0 Å². The molecule has 2 rings (SSSR count). The monoisotopic (exact) mass is 243 g/mol. The van der Waals surface area contributed by atoms with E-state index >= 15 is 0 Å². The van der Waals surface area contributed by atoms with E-state index in [0.717, 1.165) is 4.90 Å². The number of rotatable bonds is 3. The molecule has 0 saturated heterocycles. The second kappa shape index (κ2) is 4.56. The lowest BCUT2D eigenvalue weighted by atomic mass is 10.0. The lowest BCUT2D eigenvalue weighted by Crippen LogP contribution is -2.29. The zero-order chi connectivity index (χ0) is 13.3. The van der Waals surface area contributed by atoms with Crippen LogP contribution < -0.4 is 4.90 Å². The van der Waals surface area contributed by atoms with E-state index in [1.54, 1.807) is 24.3 Å². The van der Waals surface area contributed by atoms with Gasteiger partial charge in [0.15, 0.2) is 5.78 Å². The lowest BCUT2D eigenvalue weighted by molar-refractivity contribution is -0.119. The molecule has 4 heteroatoms. The van der Waals surface area contributed by atoms with E-state index in [-0.39, 0.29) is 23.5 Å². The highest BCUT2D eigenvalue weighted by Crippen LogP contribution is 2.20. The van der Waals surface area contributed by atoms with E-state index in [1.807, 2.05) is 13.8 Å². The molecule has 1 heterocycles. The number of hydrogen-bond donors (Lipinski definition) is 0. The van der Waals surface area contributed by atoms with Gasteiger partial charge in [-0.1, -0.05) is 13.8 Å². The van der Waals surface area contributed by atoms with Crippen LogP contribution >= 0.6 is 0 Å². The average Bonchev–Trinajstić information content (AvgIpc) is 2.68. The zero-order valence-corrected chi connectivity index (χ0v) is 10.2. The van der Waals surface area contributed by atoms with Crippen LogP contribution in [-0.4, -0.2) is 17.6 Å². The van der Waals surface area contributed by atoms with Crippen LogP contribution in [0.1, 0.15) is 24.2 Å². The maximum Gasteiger partial charge on any atom is 0.258 e. The van der Waals surface area contributed by atoms with Crippen molar-refractivity contribution in [2.45, 2.75) is 13.8 Å². The Morgan fingerprint density at radius 2 is 1.50 bits per heavy atom. The first-order valence-electron chi connectivity index (χ1n) is 5.71. The van der Waals surface area contributed by atoms with Gasteiger partial charge in [0, 0.05) is 23.6 Å². The Balaban J connectivity index is 2.26. The molecule has 0 atom stereocenters. The van der Waals surface area contributed by atoms with Crippen molar-refractivity contribution < 1.29 is 14.4 Å². The minimum absolute atomic E-state index is 0.0405. The van der Waals surface area contributed by atoms with E-state index in [0.29, 0.717) is 11.3 Å². The molecule has 0 saturated carbocycles. The molecule has 92 valence electrons. The molecule has 4 nitrogen and oxygen atoms in total. The second-order valence-corrected chi connectivity index (χ2v) is 4.41.